The van der Waals surface area contributed by atoms with Crippen molar-refractivity contribution in [2.75, 3.05) is 5.75 Å². The van der Waals surface area contributed by atoms with E-state index < -0.39 is 0 Å². The Balaban J connectivity index is 1.83. The molecule has 1 fully saturated rings. The van der Waals surface area contributed by atoms with E-state index in [2.05, 4.69) is 18.0 Å². The van der Waals surface area contributed by atoms with Crippen molar-refractivity contribution in [1.29, 1.82) is 0 Å². The Labute approximate surface area is 117 Å². The van der Waals surface area contributed by atoms with E-state index in [1.165, 1.54) is 0 Å². The van der Waals surface area contributed by atoms with Crippen LogP contribution in [0.25, 0.3) is 10.9 Å². The van der Waals surface area contributed by atoms with Gasteiger partial charge in [-0.15, -0.1) is 11.8 Å². The summed E-state index contributed by atoms with van der Waals surface area (Å²) in [5.74, 6) is 1.42. The molecule has 1 aliphatic heterocycles. The second kappa shape index (κ2) is 4.97. The van der Waals surface area contributed by atoms with Crippen LogP contribution >= 0.6 is 11.8 Å². The van der Waals surface area contributed by atoms with Crippen molar-refractivity contribution >= 4 is 28.4 Å². The van der Waals surface area contributed by atoms with Crippen LogP contribution in [0, 0.1) is 0 Å². The highest BCUT2D eigenvalue weighted by Gasteiger charge is 2.36. The third kappa shape index (κ3) is 2.52. The average molecular weight is 271 g/mol. The van der Waals surface area contributed by atoms with Gasteiger partial charge in [0, 0.05) is 11.1 Å². The topological polar surface area (TPSA) is 30.0 Å². The number of fused-ring (bicyclic) bond motifs is 1. The molecule has 0 bridgehead atoms. The van der Waals surface area contributed by atoms with Gasteiger partial charge < -0.3 is 0 Å². The van der Waals surface area contributed by atoms with Crippen LogP contribution in [-0.4, -0.2) is 21.3 Å². The molecular weight excluding hydrogens is 254 g/mol. The molecule has 98 valence electrons. The Hall–Kier alpha value is -1.35. The summed E-state index contributed by atoms with van der Waals surface area (Å²) < 4.78 is -0.187. The highest BCUT2D eigenvalue weighted by molar-refractivity contribution is 8.01. The van der Waals surface area contributed by atoms with Crippen LogP contribution in [-0.2, 0) is 11.2 Å². The summed E-state index contributed by atoms with van der Waals surface area (Å²) in [5, 5.41) is 1.13. The molecule has 2 aromatic rings. The number of hydrogen-bond donors (Lipinski definition) is 0. The largest absolute Gasteiger partial charge is 0.298 e. The first kappa shape index (κ1) is 12.7. The van der Waals surface area contributed by atoms with Gasteiger partial charge in [0.15, 0.2) is 5.78 Å². The summed E-state index contributed by atoms with van der Waals surface area (Å²) in [7, 11) is 0. The van der Waals surface area contributed by atoms with E-state index in [9.17, 15) is 4.79 Å². The summed E-state index contributed by atoms with van der Waals surface area (Å²) >= 11 is 1.80. The van der Waals surface area contributed by atoms with Gasteiger partial charge in [-0.2, -0.15) is 0 Å². The third-order valence-corrected chi connectivity index (χ3v) is 5.37. The lowest BCUT2D eigenvalue weighted by atomic mass is 9.96. The maximum Gasteiger partial charge on any atom is 0.154 e. The molecule has 1 atom stereocenters. The summed E-state index contributed by atoms with van der Waals surface area (Å²) in [6, 6.07) is 12.1. The van der Waals surface area contributed by atoms with Crippen LogP contribution in [0.1, 0.15) is 25.5 Å². The smallest absolute Gasteiger partial charge is 0.154 e. The minimum absolute atomic E-state index is 0.187. The number of carbonyl (C=O) groups excluding carboxylic acids is 1. The Morgan fingerprint density at radius 3 is 2.95 bits per heavy atom. The number of carbonyl (C=O) groups is 1. The minimum Gasteiger partial charge on any atom is -0.298 e. The number of ketones is 1. The number of thioether (sulfide) groups is 1. The number of rotatable bonds is 3. The lowest BCUT2D eigenvalue weighted by Gasteiger charge is -2.20. The van der Waals surface area contributed by atoms with Crippen molar-refractivity contribution in [3.63, 3.8) is 0 Å². The molecule has 0 aliphatic carbocycles. The summed E-state index contributed by atoms with van der Waals surface area (Å²) in [5.41, 5.74) is 1.86. The minimum atomic E-state index is -0.187. The first-order valence-corrected chi connectivity index (χ1v) is 7.68. The number of pyridine rings is 1. The number of nitrogens with zero attached hydrogens (tertiary/aromatic N) is 1. The van der Waals surface area contributed by atoms with Gasteiger partial charge >= 0.3 is 0 Å². The maximum atomic E-state index is 12.4. The van der Waals surface area contributed by atoms with Crippen molar-refractivity contribution in [1.82, 2.24) is 4.98 Å². The lowest BCUT2D eigenvalue weighted by Crippen LogP contribution is -2.30. The first-order valence-electron chi connectivity index (χ1n) is 6.69. The van der Waals surface area contributed by atoms with Gasteiger partial charge in [-0.3, -0.25) is 9.78 Å². The van der Waals surface area contributed by atoms with Gasteiger partial charge in [-0.25, -0.2) is 0 Å². The monoisotopic (exact) mass is 271 g/mol. The predicted octanol–water partition coefficient (Wildman–Crippen LogP) is 3.63. The highest BCUT2D eigenvalue weighted by Crippen LogP contribution is 2.39. The van der Waals surface area contributed by atoms with Crippen molar-refractivity contribution < 1.29 is 4.79 Å². The van der Waals surface area contributed by atoms with Crippen molar-refractivity contribution in [2.24, 2.45) is 0 Å². The molecule has 1 unspecified atom stereocenters. The Bertz CT molecular complexity index is 617. The molecule has 0 saturated carbocycles. The van der Waals surface area contributed by atoms with E-state index in [1.807, 2.05) is 30.3 Å². The molecule has 1 aromatic carbocycles. The van der Waals surface area contributed by atoms with Crippen LogP contribution in [0.5, 0.6) is 0 Å². The standard InChI is InChI=1S/C16H17NOS/c1-16(9-4-10-19-16)15(18)11-13-8-7-12-5-2-3-6-14(12)17-13/h2-3,5-8H,4,9-11H2,1H3. The Kier molecular flexibility index (Phi) is 3.31. The van der Waals surface area contributed by atoms with Crippen LogP contribution in [0.15, 0.2) is 36.4 Å². The average Bonchev–Trinajstić information content (AvgIpc) is 2.87. The first-order chi connectivity index (χ1) is 9.17. The number of hydrogen-bond acceptors (Lipinski definition) is 3. The molecule has 0 radical (unpaired) electrons. The summed E-state index contributed by atoms with van der Waals surface area (Å²) in [6.45, 7) is 2.08. The van der Waals surface area contributed by atoms with Gasteiger partial charge in [-0.05, 0) is 37.7 Å². The molecule has 19 heavy (non-hydrogen) atoms. The van der Waals surface area contributed by atoms with Crippen LogP contribution in [0.2, 0.25) is 0 Å². The third-order valence-electron chi connectivity index (χ3n) is 3.81. The summed E-state index contributed by atoms with van der Waals surface area (Å²) in [6.07, 6.45) is 2.61. The fourth-order valence-electron chi connectivity index (χ4n) is 2.56. The summed E-state index contributed by atoms with van der Waals surface area (Å²) in [4.78, 5) is 17.0. The molecule has 0 spiro atoms. The van der Waals surface area contributed by atoms with E-state index in [-0.39, 0.29) is 4.75 Å². The quantitative estimate of drug-likeness (QED) is 0.854. The SMILES string of the molecule is CC1(C(=O)Cc2ccc3ccccc3n2)CCCS1. The second-order valence-electron chi connectivity index (χ2n) is 5.28. The van der Waals surface area contributed by atoms with E-state index in [4.69, 9.17) is 0 Å². The molecule has 3 heteroatoms. The Morgan fingerprint density at radius 2 is 2.16 bits per heavy atom. The van der Waals surface area contributed by atoms with E-state index >= 15 is 0 Å². The molecule has 1 saturated heterocycles. The molecular formula is C16H17NOS. The maximum absolute atomic E-state index is 12.4. The molecule has 3 rings (SSSR count). The van der Waals surface area contributed by atoms with Crippen LogP contribution in [0.3, 0.4) is 0 Å². The molecule has 1 aliphatic rings. The van der Waals surface area contributed by atoms with Gasteiger partial charge in [0.2, 0.25) is 0 Å². The fraction of sp³-hybridized carbons (Fsp3) is 0.375. The van der Waals surface area contributed by atoms with Crippen molar-refractivity contribution in [3.05, 3.63) is 42.1 Å². The zero-order valence-corrected chi connectivity index (χ0v) is 11.9. The number of aromatic nitrogens is 1. The van der Waals surface area contributed by atoms with Crippen molar-refractivity contribution in [3.8, 4) is 0 Å². The molecule has 0 N–H and O–H groups in total. The van der Waals surface area contributed by atoms with Crippen LogP contribution < -0.4 is 0 Å². The number of benzene rings is 1. The Morgan fingerprint density at radius 1 is 1.32 bits per heavy atom. The molecule has 0 amide bonds. The van der Waals surface area contributed by atoms with Crippen molar-refractivity contribution in [2.45, 2.75) is 30.9 Å². The predicted molar refractivity (Wildman–Crippen MR) is 80.6 cm³/mol. The van der Waals surface area contributed by atoms with Gasteiger partial charge in [0.1, 0.15) is 0 Å². The molecule has 1 aromatic heterocycles. The molecule has 2 heterocycles. The highest BCUT2D eigenvalue weighted by atomic mass is 32.2. The molecule has 2 nitrogen and oxygen atoms in total. The van der Waals surface area contributed by atoms with Crippen LogP contribution in [0.4, 0.5) is 0 Å². The van der Waals surface area contributed by atoms with E-state index in [1.54, 1.807) is 11.8 Å². The van der Waals surface area contributed by atoms with E-state index in [0.29, 0.717) is 12.2 Å². The number of para-hydroxylation sites is 1. The zero-order valence-electron chi connectivity index (χ0n) is 11.1. The van der Waals surface area contributed by atoms with Gasteiger partial charge in [0.05, 0.1) is 16.7 Å². The fourth-order valence-corrected chi connectivity index (χ4v) is 3.82. The normalized spacial score (nSPS) is 22.8. The lowest BCUT2D eigenvalue weighted by molar-refractivity contribution is -0.120. The second-order valence-corrected chi connectivity index (χ2v) is 6.88. The van der Waals surface area contributed by atoms with Gasteiger partial charge in [0.25, 0.3) is 0 Å². The zero-order chi connectivity index (χ0) is 13.3. The number of Topliss-reactive ketones (excluding diaryl/α,β-unsaturated/α-hetero) is 1. The van der Waals surface area contributed by atoms with E-state index in [0.717, 1.165) is 35.2 Å². The van der Waals surface area contributed by atoms with Gasteiger partial charge in [-0.1, -0.05) is 24.3 Å².